The summed E-state index contributed by atoms with van der Waals surface area (Å²) in [5.41, 5.74) is 1.10. The lowest BCUT2D eigenvalue weighted by molar-refractivity contribution is 0.633. The summed E-state index contributed by atoms with van der Waals surface area (Å²) in [5, 5.41) is 3.43. The maximum atomic E-state index is 4.25. The summed E-state index contributed by atoms with van der Waals surface area (Å²) in [5.74, 6) is 2.25. The molecule has 1 aromatic heterocycles. The zero-order valence-electron chi connectivity index (χ0n) is 9.99. The van der Waals surface area contributed by atoms with E-state index in [0.717, 1.165) is 24.5 Å². The van der Waals surface area contributed by atoms with Crippen molar-refractivity contribution in [3.63, 3.8) is 0 Å². The molecule has 1 atom stereocenters. The van der Waals surface area contributed by atoms with Crippen molar-refractivity contribution < 1.29 is 0 Å². The third-order valence-corrected chi connectivity index (χ3v) is 4.57. The van der Waals surface area contributed by atoms with Crippen LogP contribution in [-0.4, -0.2) is 27.0 Å². The highest BCUT2D eigenvalue weighted by Crippen LogP contribution is 2.37. The third kappa shape index (κ3) is 2.88. The molecule has 0 amide bonds. The molecule has 0 aromatic carbocycles. The molecule has 88 valence electrons. The highest BCUT2D eigenvalue weighted by Gasteiger charge is 2.29. The lowest BCUT2D eigenvalue weighted by atomic mass is 10.1. The Balaban J connectivity index is 1.93. The zero-order valence-corrected chi connectivity index (χ0v) is 10.8. The topological polar surface area (TPSA) is 37.8 Å². The van der Waals surface area contributed by atoms with Crippen LogP contribution in [0.5, 0.6) is 0 Å². The van der Waals surface area contributed by atoms with Crippen LogP contribution in [0.2, 0.25) is 0 Å². The molecular weight excluding hydrogens is 218 g/mol. The number of nitrogens with one attached hydrogen (secondary N) is 1. The zero-order chi connectivity index (χ0) is 11.4. The van der Waals surface area contributed by atoms with Crippen LogP contribution in [0.1, 0.15) is 32.4 Å². The van der Waals surface area contributed by atoms with Gasteiger partial charge in [0.25, 0.3) is 0 Å². The third-order valence-electron chi connectivity index (χ3n) is 3.03. The molecule has 2 heterocycles. The fourth-order valence-corrected chi connectivity index (χ4v) is 3.19. The molecule has 1 fully saturated rings. The van der Waals surface area contributed by atoms with Crippen molar-refractivity contribution in [1.29, 1.82) is 0 Å². The monoisotopic (exact) mass is 237 g/mol. The van der Waals surface area contributed by atoms with Gasteiger partial charge in [0.05, 0.1) is 0 Å². The van der Waals surface area contributed by atoms with Crippen molar-refractivity contribution in [2.45, 2.75) is 37.9 Å². The molecule has 0 bridgehead atoms. The van der Waals surface area contributed by atoms with Crippen molar-refractivity contribution >= 4 is 17.6 Å². The summed E-state index contributed by atoms with van der Waals surface area (Å²) in [6, 6.07) is 2.04. The van der Waals surface area contributed by atoms with Crippen LogP contribution in [0.4, 0.5) is 5.82 Å². The van der Waals surface area contributed by atoms with Gasteiger partial charge in [-0.2, -0.15) is 11.8 Å². The highest BCUT2D eigenvalue weighted by molar-refractivity contribution is 8.00. The average Bonchev–Trinajstić information content (AvgIpc) is 2.75. The number of aryl methyl sites for hydroxylation is 1. The number of hydrogen-bond donors (Lipinski definition) is 1. The first-order chi connectivity index (χ1) is 7.72. The van der Waals surface area contributed by atoms with Crippen molar-refractivity contribution in [1.82, 2.24) is 9.97 Å². The molecule has 1 aliphatic heterocycles. The highest BCUT2D eigenvalue weighted by atomic mass is 32.2. The van der Waals surface area contributed by atoms with E-state index in [2.05, 4.69) is 40.9 Å². The van der Waals surface area contributed by atoms with Gasteiger partial charge in [-0.05, 0) is 31.9 Å². The Kier molecular flexibility index (Phi) is 3.69. The normalized spacial score (nSPS) is 24.6. The molecule has 0 aliphatic carbocycles. The molecule has 2 rings (SSSR count). The fraction of sp³-hybridized carbons (Fsp3) is 0.667. The predicted octanol–water partition coefficient (Wildman–Crippen LogP) is 2.74. The Labute approximate surface area is 101 Å². The van der Waals surface area contributed by atoms with E-state index < -0.39 is 0 Å². The molecule has 1 N–H and O–H groups in total. The SMILES string of the molecule is CCc1cc(NCC2(C)CCCS2)ncn1. The van der Waals surface area contributed by atoms with E-state index in [4.69, 9.17) is 0 Å². The number of anilines is 1. The molecule has 1 unspecified atom stereocenters. The van der Waals surface area contributed by atoms with Gasteiger partial charge in [-0.1, -0.05) is 6.92 Å². The van der Waals surface area contributed by atoms with E-state index in [1.54, 1.807) is 6.33 Å². The number of rotatable bonds is 4. The first-order valence-electron chi connectivity index (χ1n) is 5.91. The van der Waals surface area contributed by atoms with Crippen molar-refractivity contribution in [3.05, 3.63) is 18.1 Å². The summed E-state index contributed by atoms with van der Waals surface area (Å²) in [7, 11) is 0. The Morgan fingerprint density at radius 2 is 2.38 bits per heavy atom. The molecule has 1 saturated heterocycles. The standard InChI is InChI=1S/C12H19N3S/c1-3-10-7-11(15-9-14-10)13-8-12(2)5-4-6-16-12/h7,9H,3-6,8H2,1-2H3,(H,13,14,15). The Bertz CT molecular complexity index is 348. The molecule has 0 saturated carbocycles. The lowest BCUT2D eigenvalue weighted by Crippen LogP contribution is -2.27. The summed E-state index contributed by atoms with van der Waals surface area (Å²) in [4.78, 5) is 8.45. The van der Waals surface area contributed by atoms with E-state index in [0.29, 0.717) is 4.75 Å². The second-order valence-corrected chi connectivity index (χ2v) is 6.19. The van der Waals surface area contributed by atoms with Gasteiger partial charge in [-0.25, -0.2) is 9.97 Å². The van der Waals surface area contributed by atoms with Gasteiger partial charge in [0, 0.05) is 23.1 Å². The van der Waals surface area contributed by atoms with Gasteiger partial charge in [0.15, 0.2) is 0 Å². The van der Waals surface area contributed by atoms with Crippen LogP contribution >= 0.6 is 11.8 Å². The Hall–Kier alpha value is -0.770. The minimum absolute atomic E-state index is 0.386. The molecule has 0 spiro atoms. The van der Waals surface area contributed by atoms with Crippen molar-refractivity contribution in [2.75, 3.05) is 17.6 Å². The quantitative estimate of drug-likeness (QED) is 0.874. The maximum absolute atomic E-state index is 4.25. The van der Waals surface area contributed by atoms with Crippen LogP contribution in [0.15, 0.2) is 12.4 Å². The van der Waals surface area contributed by atoms with Crippen molar-refractivity contribution in [3.8, 4) is 0 Å². The Morgan fingerprint density at radius 1 is 1.50 bits per heavy atom. The van der Waals surface area contributed by atoms with E-state index in [-0.39, 0.29) is 0 Å². The summed E-state index contributed by atoms with van der Waals surface area (Å²) >= 11 is 2.07. The van der Waals surface area contributed by atoms with E-state index in [1.165, 1.54) is 18.6 Å². The number of thioether (sulfide) groups is 1. The second-order valence-electron chi connectivity index (χ2n) is 4.50. The predicted molar refractivity (Wildman–Crippen MR) is 70.0 cm³/mol. The van der Waals surface area contributed by atoms with E-state index in [1.807, 2.05) is 6.07 Å². The second kappa shape index (κ2) is 5.04. The maximum Gasteiger partial charge on any atom is 0.129 e. The first kappa shape index (κ1) is 11.7. The first-order valence-corrected chi connectivity index (χ1v) is 6.89. The molecular formula is C12H19N3S. The van der Waals surface area contributed by atoms with Gasteiger partial charge in [-0.15, -0.1) is 0 Å². The summed E-state index contributed by atoms with van der Waals surface area (Å²) in [6.07, 6.45) is 5.25. The molecule has 1 aromatic rings. The van der Waals surface area contributed by atoms with Crippen LogP contribution in [0, 0.1) is 0 Å². The average molecular weight is 237 g/mol. The van der Waals surface area contributed by atoms with Crippen LogP contribution in [-0.2, 0) is 6.42 Å². The fourth-order valence-electron chi connectivity index (χ4n) is 1.94. The minimum atomic E-state index is 0.386. The largest absolute Gasteiger partial charge is 0.369 e. The smallest absolute Gasteiger partial charge is 0.129 e. The molecule has 3 nitrogen and oxygen atoms in total. The Morgan fingerprint density at radius 3 is 3.06 bits per heavy atom. The van der Waals surface area contributed by atoms with Gasteiger partial charge < -0.3 is 5.32 Å². The van der Waals surface area contributed by atoms with Gasteiger partial charge >= 0.3 is 0 Å². The molecule has 0 radical (unpaired) electrons. The van der Waals surface area contributed by atoms with Crippen LogP contribution < -0.4 is 5.32 Å². The number of aromatic nitrogens is 2. The van der Waals surface area contributed by atoms with E-state index >= 15 is 0 Å². The summed E-state index contributed by atoms with van der Waals surface area (Å²) in [6.45, 7) is 5.44. The van der Waals surface area contributed by atoms with Crippen LogP contribution in [0.3, 0.4) is 0 Å². The van der Waals surface area contributed by atoms with Crippen LogP contribution in [0.25, 0.3) is 0 Å². The molecule has 4 heteroatoms. The van der Waals surface area contributed by atoms with E-state index in [9.17, 15) is 0 Å². The molecule has 1 aliphatic rings. The van der Waals surface area contributed by atoms with Gasteiger partial charge in [-0.3, -0.25) is 0 Å². The lowest BCUT2D eigenvalue weighted by Gasteiger charge is -2.23. The minimum Gasteiger partial charge on any atom is -0.369 e. The summed E-state index contributed by atoms with van der Waals surface area (Å²) < 4.78 is 0.386. The van der Waals surface area contributed by atoms with Gasteiger partial charge in [0.2, 0.25) is 0 Å². The molecule has 16 heavy (non-hydrogen) atoms. The van der Waals surface area contributed by atoms with Crippen molar-refractivity contribution in [2.24, 2.45) is 0 Å². The number of hydrogen-bond acceptors (Lipinski definition) is 4. The number of nitrogens with zero attached hydrogens (tertiary/aromatic N) is 2. The van der Waals surface area contributed by atoms with Gasteiger partial charge in [0.1, 0.15) is 12.1 Å².